The largest absolute Gasteiger partial charge is 0.382 e. The van der Waals surface area contributed by atoms with Crippen molar-refractivity contribution in [3.63, 3.8) is 0 Å². The first-order valence-corrected chi connectivity index (χ1v) is 16.2. The van der Waals surface area contributed by atoms with Gasteiger partial charge < -0.3 is 21.1 Å². The number of fused-ring (bicyclic) bond motifs is 1. The van der Waals surface area contributed by atoms with Crippen molar-refractivity contribution in [1.82, 2.24) is 24.1 Å². The SMILES string of the molecule is COCc1c(Br)c(-c2ccc(-c3cc(C4CCN(C(=O)C(C)C)CC4)n4ncnc(N)c34)cc2)c(C(N)=O)c(=O)n1-c1ccccc1. The number of hydrogen-bond donors (Lipinski definition) is 2. The number of ether oxygens (including phenoxy) is 1. The van der Waals surface area contributed by atoms with E-state index < -0.39 is 11.5 Å². The fourth-order valence-corrected chi connectivity index (χ4v) is 7.21. The van der Waals surface area contributed by atoms with Crippen LogP contribution in [0.2, 0.25) is 0 Å². The highest BCUT2D eigenvalue weighted by molar-refractivity contribution is 9.10. The predicted octanol–water partition coefficient (Wildman–Crippen LogP) is 5.17. The first kappa shape index (κ1) is 32.1. The molecule has 0 bridgehead atoms. The normalized spacial score (nSPS) is 13.9. The van der Waals surface area contributed by atoms with E-state index in [1.807, 2.05) is 65.7 Å². The number of nitrogens with two attached hydrogens (primary N) is 2. The molecular formula is C35H36BrN7O4. The highest BCUT2D eigenvalue weighted by Crippen LogP contribution is 2.39. The number of aromatic nitrogens is 4. The number of primary amides is 1. The van der Waals surface area contributed by atoms with Gasteiger partial charge in [-0.3, -0.25) is 19.0 Å². The van der Waals surface area contributed by atoms with Crippen LogP contribution < -0.4 is 17.0 Å². The molecule has 0 unspecified atom stereocenters. The fraction of sp³-hybridized carbons (Fsp3) is 0.286. The number of nitrogen functional groups attached to an aromatic ring is 1. The number of piperidine rings is 1. The summed E-state index contributed by atoms with van der Waals surface area (Å²) in [5.41, 5.74) is 17.2. The molecule has 0 radical (unpaired) electrons. The topological polar surface area (TPSA) is 151 Å². The molecule has 1 saturated heterocycles. The van der Waals surface area contributed by atoms with E-state index >= 15 is 0 Å². The van der Waals surface area contributed by atoms with E-state index in [4.69, 9.17) is 16.2 Å². The summed E-state index contributed by atoms with van der Waals surface area (Å²) in [5.74, 6) is -0.156. The first-order chi connectivity index (χ1) is 22.6. The lowest BCUT2D eigenvalue weighted by molar-refractivity contribution is -0.135. The highest BCUT2D eigenvalue weighted by atomic mass is 79.9. The van der Waals surface area contributed by atoms with Crippen molar-refractivity contribution in [3.05, 3.63) is 98.8 Å². The predicted molar refractivity (Wildman–Crippen MR) is 184 cm³/mol. The van der Waals surface area contributed by atoms with Gasteiger partial charge in [-0.25, -0.2) is 9.50 Å². The molecule has 6 rings (SSSR count). The number of benzene rings is 2. The van der Waals surface area contributed by atoms with E-state index in [1.165, 1.54) is 10.9 Å². The molecule has 1 fully saturated rings. The molecule has 0 saturated carbocycles. The minimum atomic E-state index is -0.836. The third-order valence-corrected chi connectivity index (χ3v) is 9.62. The lowest BCUT2D eigenvalue weighted by atomic mass is 9.92. The van der Waals surface area contributed by atoms with Gasteiger partial charge in [-0.15, -0.1) is 0 Å². The van der Waals surface area contributed by atoms with Crippen LogP contribution in [0.5, 0.6) is 0 Å². The van der Waals surface area contributed by atoms with Crippen LogP contribution in [-0.2, 0) is 16.1 Å². The van der Waals surface area contributed by atoms with Crippen LogP contribution in [0, 0.1) is 5.92 Å². The molecule has 4 N–H and O–H groups in total. The molecule has 2 aromatic carbocycles. The minimum absolute atomic E-state index is 0.0326. The Kier molecular flexibility index (Phi) is 8.98. The number of carbonyl (C=O) groups is 2. The van der Waals surface area contributed by atoms with Crippen LogP contribution in [0.1, 0.15) is 54.4 Å². The standard InChI is InChI=1S/C35H36BrN7O4/c1-20(2)34(45)41-15-13-22(14-16-41)26-17-25(31-32(37)39-19-40-43(26)31)21-9-11-23(12-10-21)28-29(33(38)44)35(46)42(24-7-5-4-6-8-24)27(18-47-3)30(28)36/h4-12,17,19-20,22H,13-16,18H2,1-3H3,(H2,38,44)(H2,37,39,40). The second kappa shape index (κ2) is 13.1. The molecule has 11 nitrogen and oxygen atoms in total. The zero-order valence-corrected chi connectivity index (χ0v) is 28.0. The Balaban J connectivity index is 1.42. The average molecular weight is 699 g/mol. The van der Waals surface area contributed by atoms with Gasteiger partial charge in [0.15, 0.2) is 5.82 Å². The second-order valence-electron chi connectivity index (χ2n) is 12.0. The molecule has 12 heteroatoms. The van der Waals surface area contributed by atoms with Crippen molar-refractivity contribution in [2.75, 3.05) is 25.9 Å². The molecule has 1 aliphatic rings. The van der Waals surface area contributed by atoms with Crippen LogP contribution in [0.3, 0.4) is 0 Å². The van der Waals surface area contributed by atoms with E-state index in [1.54, 1.807) is 19.2 Å². The number of anilines is 1. The molecule has 47 heavy (non-hydrogen) atoms. The van der Waals surface area contributed by atoms with E-state index in [-0.39, 0.29) is 29.9 Å². The van der Waals surface area contributed by atoms with Crippen LogP contribution in [0.25, 0.3) is 33.5 Å². The van der Waals surface area contributed by atoms with E-state index in [2.05, 4.69) is 32.1 Å². The molecule has 2 amide bonds. The van der Waals surface area contributed by atoms with Crippen LogP contribution in [-0.4, -0.2) is 56.1 Å². The number of methoxy groups -OCH3 is 1. The lowest BCUT2D eigenvalue weighted by Gasteiger charge is -2.33. The van der Waals surface area contributed by atoms with Crippen molar-refractivity contribution in [3.8, 4) is 27.9 Å². The first-order valence-electron chi connectivity index (χ1n) is 15.5. The monoisotopic (exact) mass is 697 g/mol. The number of amides is 2. The summed E-state index contributed by atoms with van der Waals surface area (Å²) in [6, 6.07) is 18.7. The Morgan fingerprint density at radius 2 is 1.70 bits per heavy atom. The number of para-hydroxylation sites is 1. The second-order valence-corrected chi connectivity index (χ2v) is 12.8. The Hall–Kier alpha value is -4.81. The quantitative estimate of drug-likeness (QED) is 0.227. The summed E-state index contributed by atoms with van der Waals surface area (Å²) in [7, 11) is 1.54. The molecule has 0 aliphatic carbocycles. The molecule has 1 aliphatic heterocycles. The van der Waals surface area contributed by atoms with Gasteiger partial charge in [-0.05, 0) is 58.1 Å². The molecule has 3 aromatic heterocycles. The molecule has 0 spiro atoms. The third-order valence-electron chi connectivity index (χ3n) is 8.77. The van der Waals surface area contributed by atoms with E-state index in [9.17, 15) is 14.4 Å². The highest BCUT2D eigenvalue weighted by Gasteiger charge is 2.29. The fourth-order valence-electron chi connectivity index (χ4n) is 6.49. The molecule has 4 heterocycles. The number of rotatable bonds is 8. The maximum absolute atomic E-state index is 13.9. The minimum Gasteiger partial charge on any atom is -0.382 e. The maximum Gasteiger partial charge on any atom is 0.268 e. The lowest BCUT2D eigenvalue weighted by Crippen LogP contribution is -2.40. The summed E-state index contributed by atoms with van der Waals surface area (Å²) in [6.45, 7) is 5.33. The molecular weight excluding hydrogens is 662 g/mol. The summed E-state index contributed by atoms with van der Waals surface area (Å²) in [5, 5.41) is 4.56. The van der Waals surface area contributed by atoms with Gasteiger partial charge >= 0.3 is 0 Å². The van der Waals surface area contributed by atoms with Gasteiger partial charge in [0.05, 0.1) is 12.3 Å². The number of halogens is 1. The number of carbonyl (C=O) groups excluding carboxylic acids is 2. The third kappa shape index (κ3) is 5.83. The van der Waals surface area contributed by atoms with E-state index in [0.717, 1.165) is 29.7 Å². The van der Waals surface area contributed by atoms with E-state index in [0.29, 0.717) is 51.4 Å². The maximum atomic E-state index is 13.9. The average Bonchev–Trinajstić information content (AvgIpc) is 3.47. The van der Waals surface area contributed by atoms with Crippen molar-refractivity contribution in [2.45, 2.75) is 39.2 Å². The number of likely N-dealkylation sites (tertiary alicyclic amines) is 1. The number of nitrogens with zero attached hydrogens (tertiary/aromatic N) is 5. The van der Waals surface area contributed by atoms with Gasteiger partial charge in [0.25, 0.3) is 11.5 Å². The zero-order valence-electron chi connectivity index (χ0n) is 26.4. The van der Waals surface area contributed by atoms with Crippen LogP contribution >= 0.6 is 15.9 Å². The van der Waals surface area contributed by atoms with Crippen LogP contribution in [0.4, 0.5) is 5.82 Å². The Labute approximate surface area is 280 Å². The number of hydrogen-bond acceptors (Lipinski definition) is 7. The van der Waals surface area contributed by atoms with Crippen molar-refractivity contribution >= 4 is 39.1 Å². The van der Waals surface area contributed by atoms with Gasteiger partial charge in [0.1, 0.15) is 17.4 Å². The van der Waals surface area contributed by atoms with Crippen molar-refractivity contribution in [1.29, 1.82) is 0 Å². The van der Waals surface area contributed by atoms with Crippen molar-refractivity contribution in [2.24, 2.45) is 11.7 Å². The molecule has 0 atom stereocenters. The number of pyridine rings is 1. The molecule has 242 valence electrons. The Morgan fingerprint density at radius 1 is 1.04 bits per heavy atom. The van der Waals surface area contributed by atoms with Gasteiger partial charge in [0.2, 0.25) is 5.91 Å². The van der Waals surface area contributed by atoms with Gasteiger partial charge in [-0.1, -0.05) is 56.3 Å². The zero-order chi connectivity index (χ0) is 33.4. The Morgan fingerprint density at radius 3 is 2.32 bits per heavy atom. The molecule has 5 aromatic rings. The summed E-state index contributed by atoms with van der Waals surface area (Å²) >= 11 is 3.69. The van der Waals surface area contributed by atoms with Gasteiger partial charge in [-0.2, -0.15) is 5.10 Å². The van der Waals surface area contributed by atoms with Gasteiger partial charge in [0, 0.05) is 59.0 Å². The smallest absolute Gasteiger partial charge is 0.268 e. The van der Waals surface area contributed by atoms with Crippen LogP contribution in [0.15, 0.2) is 76.3 Å². The summed E-state index contributed by atoms with van der Waals surface area (Å²) in [6.07, 6.45) is 3.08. The Bertz CT molecular complexity index is 2030. The summed E-state index contributed by atoms with van der Waals surface area (Å²) < 4.78 is 9.31. The van der Waals surface area contributed by atoms with Crippen molar-refractivity contribution < 1.29 is 14.3 Å². The summed E-state index contributed by atoms with van der Waals surface area (Å²) in [4.78, 5) is 45.5.